The normalized spacial score (nSPS) is 13.5. The molecule has 1 N–H and O–H groups in total. The van der Waals surface area contributed by atoms with E-state index in [2.05, 4.69) is 42.2 Å². The van der Waals surface area contributed by atoms with Crippen molar-refractivity contribution in [2.75, 3.05) is 11.0 Å². The zero-order valence-corrected chi connectivity index (χ0v) is 17.6. The highest BCUT2D eigenvalue weighted by Crippen LogP contribution is 2.16. The van der Waals surface area contributed by atoms with E-state index in [-0.39, 0.29) is 13.0 Å². The number of ether oxygens (including phenoxy) is 1. The van der Waals surface area contributed by atoms with Crippen LogP contribution < -0.4 is 5.32 Å². The van der Waals surface area contributed by atoms with Gasteiger partial charge in [0.1, 0.15) is 6.04 Å². The van der Waals surface area contributed by atoms with Crippen LogP contribution >= 0.6 is 22.6 Å². The van der Waals surface area contributed by atoms with Gasteiger partial charge in [-0.15, -0.1) is 0 Å². The van der Waals surface area contributed by atoms with E-state index < -0.39 is 32.2 Å². The van der Waals surface area contributed by atoms with Gasteiger partial charge >= 0.3 is 18.1 Å². The van der Waals surface area contributed by atoms with E-state index in [4.69, 9.17) is 4.74 Å². The van der Waals surface area contributed by atoms with Crippen LogP contribution in [0.1, 0.15) is 32.1 Å². The summed E-state index contributed by atoms with van der Waals surface area (Å²) in [6.07, 6.45) is -1.48. The SMILES string of the molecule is C[Si](C)(C)CCOC(=O)[C@H](CCCCCCI)NC(=O)C(F)(F)F. The Bertz CT molecular complexity index is 400. The predicted octanol–water partition coefficient (Wildman–Crippen LogP) is 4.30. The molecule has 4 nitrogen and oxygen atoms in total. The van der Waals surface area contributed by atoms with Gasteiger partial charge in [0.25, 0.3) is 0 Å². The molecule has 0 rings (SSSR count). The average molecular weight is 481 g/mol. The van der Waals surface area contributed by atoms with E-state index in [1.54, 1.807) is 5.32 Å². The van der Waals surface area contributed by atoms with Gasteiger partial charge in [0.05, 0.1) is 6.61 Å². The van der Waals surface area contributed by atoms with Crippen LogP contribution in [0.3, 0.4) is 0 Å². The van der Waals surface area contributed by atoms with Crippen LogP contribution in [-0.4, -0.2) is 43.2 Å². The molecule has 142 valence electrons. The molecule has 0 spiro atoms. The van der Waals surface area contributed by atoms with Crippen LogP contribution in [0.2, 0.25) is 25.7 Å². The maximum absolute atomic E-state index is 12.4. The number of unbranched alkanes of at least 4 members (excludes halogenated alkanes) is 3. The summed E-state index contributed by atoms with van der Waals surface area (Å²) in [5.74, 6) is -2.87. The maximum Gasteiger partial charge on any atom is 0.471 e. The van der Waals surface area contributed by atoms with E-state index in [1.165, 1.54) is 0 Å². The molecule has 1 atom stereocenters. The summed E-state index contributed by atoms with van der Waals surface area (Å²) in [5.41, 5.74) is 0. The number of esters is 1. The van der Waals surface area contributed by atoms with Gasteiger partial charge in [-0.3, -0.25) is 4.79 Å². The van der Waals surface area contributed by atoms with Gasteiger partial charge in [-0.2, -0.15) is 13.2 Å². The Morgan fingerprint density at radius 1 is 1.12 bits per heavy atom. The number of amides is 1. The molecule has 0 aromatic carbocycles. The summed E-state index contributed by atoms with van der Waals surface area (Å²) in [7, 11) is -1.41. The van der Waals surface area contributed by atoms with Crippen molar-refractivity contribution < 1.29 is 27.5 Å². The summed E-state index contributed by atoms with van der Waals surface area (Å²) in [6.45, 7) is 6.51. The molecule has 0 fully saturated rings. The Hall–Kier alpha value is -0.323. The molecule has 9 heteroatoms. The second-order valence-electron chi connectivity index (χ2n) is 6.89. The molecule has 0 saturated carbocycles. The Morgan fingerprint density at radius 2 is 1.71 bits per heavy atom. The molecule has 0 aromatic rings. The van der Waals surface area contributed by atoms with Gasteiger partial charge in [-0.25, -0.2) is 4.79 Å². The molecule has 0 bridgehead atoms. The minimum atomic E-state index is -5.00. The number of hydrogen-bond donors (Lipinski definition) is 1. The molecular formula is C15H27F3INO3Si. The molecule has 0 aliphatic rings. The molecule has 0 heterocycles. The highest BCUT2D eigenvalue weighted by Gasteiger charge is 2.41. The fourth-order valence-corrected chi connectivity index (χ4v) is 3.10. The molecule has 0 saturated heterocycles. The van der Waals surface area contributed by atoms with E-state index in [0.29, 0.717) is 6.42 Å². The number of rotatable bonds is 11. The van der Waals surface area contributed by atoms with Crippen LogP contribution in [0.4, 0.5) is 13.2 Å². The zero-order valence-electron chi connectivity index (χ0n) is 14.5. The quantitative estimate of drug-likeness (QED) is 0.157. The van der Waals surface area contributed by atoms with Crippen LogP contribution in [0.15, 0.2) is 0 Å². The van der Waals surface area contributed by atoms with Crippen molar-refractivity contribution in [1.29, 1.82) is 0 Å². The lowest BCUT2D eigenvalue weighted by Crippen LogP contribution is -2.47. The Morgan fingerprint density at radius 3 is 2.21 bits per heavy atom. The predicted molar refractivity (Wildman–Crippen MR) is 99.1 cm³/mol. The zero-order chi connectivity index (χ0) is 18.8. The van der Waals surface area contributed by atoms with E-state index in [1.807, 2.05) is 0 Å². The lowest BCUT2D eigenvalue weighted by atomic mass is 10.1. The lowest BCUT2D eigenvalue weighted by Gasteiger charge is -2.20. The Labute approximate surface area is 156 Å². The first-order chi connectivity index (χ1) is 11.0. The van der Waals surface area contributed by atoms with Gasteiger partial charge < -0.3 is 10.1 Å². The highest BCUT2D eigenvalue weighted by atomic mass is 127. The lowest BCUT2D eigenvalue weighted by molar-refractivity contribution is -0.176. The van der Waals surface area contributed by atoms with Crippen LogP contribution in [0.25, 0.3) is 0 Å². The summed E-state index contributed by atoms with van der Waals surface area (Å²) >= 11 is 2.26. The van der Waals surface area contributed by atoms with E-state index in [9.17, 15) is 22.8 Å². The maximum atomic E-state index is 12.4. The Kier molecular flexibility index (Phi) is 11.2. The summed E-state index contributed by atoms with van der Waals surface area (Å²) in [5, 5.41) is 1.77. The van der Waals surface area contributed by atoms with Gasteiger partial charge in [0.15, 0.2) is 0 Å². The smallest absolute Gasteiger partial charge is 0.464 e. The van der Waals surface area contributed by atoms with Crippen molar-refractivity contribution in [2.45, 2.75) is 70.0 Å². The average Bonchev–Trinajstić information content (AvgIpc) is 2.43. The summed E-state index contributed by atoms with van der Waals surface area (Å²) in [6, 6.07) is -0.505. The fourth-order valence-electron chi connectivity index (χ4n) is 1.84. The van der Waals surface area contributed by atoms with Gasteiger partial charge in [-0.1, -0.05) is 61.5 Å². The first kappa shape index (κ1) is 23.7. The summed E-state index contributed by atoms with van der Waals surface area (Å²) < 4.78 is 43.3. The van der Waals surface area contributed by atoms with E-state index >= 15 is 0 Å². The number of carbonyl (C=O) groups is 2. The van der Waals surface area contributed by atoms with Gasteiger partial charge in [0, 0.05) is 8.07 Å². The molecule has 1 amide bonds. The number of alkyl halides is 4. The van der Waals surface area contributed by atoms with E-state index in [0.717, 1.165) is 29.7 Å². The third-order valence-corrected chi connectivity index (χ3v) is 5.79. The third-order valence-electron chi connectivity index (χ3n) is 3.32. The van der Waals surface area contributed by atoms with Crippen molar-refractivity contribution in [3.8, 4) is 0 Å². The molecule has 0 unspecified atom stereocenters. The van der Waals surface area contributed by atoms with Crippen molar-refractivity contribution in [2.24, 2.45) is 0 Å². The minimum absolute atomic E-state index is 0.162. The van der Waals surface area contributed by atoms with Crippen molar-refractivity contribution in [3.63, 3.8) is 0 Å². The highest BCUT2D eigenvalue weighted by molar-refractivity contribution is 14.1. The molecule has 0 aromatic heterocycles. The minimum Gasteiger partial charge on any atom is -0.464 e. The third kappa shape index (κ3) is 12.1. The first-order valence-electron chi connectivity index (χ1n) is 8.07. The van der Waals surface area contributed by atoms with Crippen LogP contribution in [0.5, 0.6) is 0 Å². The second-order valence-corrected chi connectivity index (χ2v) is 13.6. The fraction of sp³-hybridized carbons (Fsp3) is 0.867. The number of nitrogens with one attached hydrogen (secondary N) is 1. The van der Waals surface area contributed by atoms with Crippen molar-refractivity contribution in [3.05, 3.63) is 0 Å². The first-order valence-corrected chi connectivity index (χ1v) is 13.3. The molecule has 0 aliphatic carbocycles. The van der Waals surface area contributed by atoms with Crippen molar-refractivity contribution >= 4 is 42.5 Å². The monoisotopic (exact) mass is 481 g/mol. The van der Waals surface area contributed by atoms with Crippen LogP contribution in [0, 0.1) is 0 Å². The molecular weight excluding hydrogens is 454 g/mol. The van der Waals surface area contributed by atoms with Crippen LogP contribution in [-0.2, 0) is 14.3 Å². The topological polar surface area (TPSA) is 55.4 Å². The standard InChI is InChI=1S/C15H27F3INO3Si/c1-24(2,3)11-10-23-13(21)12(8-6-4-5-7-9-19)20-14(22)15(16,17)18/h12H,4-11H2,1-3H3,(H,20,22)/t12-/m0/s1. The largest absolute Gasteiger partial charge is 0.471 e. The molecule has 0 radical (unpaired) electrons. The number of halogens is 4. The molecule has 24 heavy (non-hydrogen) atoms. The second kappa shape index (κ2) is 11.3. The van der Waals surface area contributed by atoms with Crippen molar-refractivity contribution in [1.82, 2.24) is 5.32 Å². The van der Waals surface area contributed by atoms with Gasteiger partial charge in [-0.05, 0) is 23.3 Å². The van der Waals surface area contributed by atoms with Gasteiger partial charge in [0.2, 0.25) is 0 Å². The number of hydrogen-bond acceptors (Lipinski definition) is 3. The number of carbonyl (C=O) groups excluding carboxylic acids is 2. The Balaban J connectivity index is 4.54. The summed E-state index contributed by atoms with van der Waals surface area (Å²) in [4.78, 5) is 23.1. The molecule has 0 aliphatic heterocycles.